The van der Waals surface area contributed by atoms with Crippen LogP contribution < -0.4 is 5.32 Å². The monoisotopic (exact) mass is 404 g/mol. The van der Waals surface area contributed by atoms with Crippen LogP contribution in [-0.4, -0.2) is 39.8 Å². The predicted molar refractivity (Wildman–Crippen MR) is 104 cm³/mol. The standard InChI is InChI=1S/C20H24N2O5S/c1-16-8-10-18(11-9-16)28(24,25)27-22-14-12-20(13-15-22,21-19(23)26-2)17-6-4-3-5-7-17/h3-11H,12-15H2,1-2H3,(H,21,23). The molecule has 8 heteroatoms. The number of methoxy groups -OCH3 is 1. The van der Waals surface area contributed by atoms with E-state index in [-0.39, 0.29) is 4.90 Å². The van der Waals surface area contributed by atoms with Crippen molar-refractivity contribution in [1.82, 2.24) is 10.4 Å². The van der Waals surface area contributed by atoms with Crippen molar-refractivity contribution in [2.24, 2.45) is 0 Å². The fraction of sp³-hybridized carbons (Fsp3) is 0.350. The first kappa shape index (κ1) is 20.3. The molecule has 2 aromatic rings. The molecule has 0 spiro atoms. The molecule has 28 heavy (non-hydrogen) atoms. The summed E-state index contributed by atoms with van der Waals surface area (Å²) in [6.45, 7) is 2.56. The summed E-state index contributed by atoms with van der Waals surface area (Å²) in [6.07, 6.45) is 0.441. The van der Waals surface area contributed by atoms with Gasteiger partial charge in [-0.25, -0.2) is 4.79 Å². The predicted octanol–water partition coefficient (Wildman–Crippen LogP) is 2.96. The maximum atomic E-state index is 12.5. The summed E-state index contributed by atoms with van der Waals surface area (Å²) >= 11 is 0. The molecule has 0 radical (unpaired) electrons. The van der Waals surface area contributed by atoms with Gasteiger partial charge in [-0.05, 0) is 37.5 Å². The summed E-state index contributed by atoms with van der Waals surface area (Å²) in [6, 6.07) is 16.1. The summed E-state index contributed by atoms with van der Waals surface area (Å²) in [7, 11) is -2.57. The lowest BCUT2D eigenvalue weighted by atomic mass is 9.81. The maximum absolute atomic E-state index is 12.5. The van der Waals surface area contributed by atoms with E-state index in [1.54, 1.807) is 12.1 Å². The van der Waals surface area contributed by atoms with Gasteiger partial charge in [0.15, 0.2) is 0 Å². The van der Waals surface area contributed by atoms with Gasteiger partial charge in [0.05, 0.1) is 17.5 Å². The highest BCUT2D eigenvalue weighted by molar-refractivity contribution is 7.86. The number of carbonyl (C=O) groups is 1. The Morgan fingerprint density at radius 1 is 1.04 bits per heavy atom. The van der Waals surface area contributed by atoms with E-state index in [4.69, 9.17) is 9.02 Å². The molecule has 1 saturated heterocycles. The lowest BCUT2D eigenvalue weighted by molar-refractivity contribution is -0.0838. The Morgan fingerprint density at radius 3 is 2.21 bits per heavy atom. The molecule has 2 aromatic carbocycles. The molecule has 0 aliphatic carbocycles. The van der Waals surface area contributed by atoms with Gasteiger partial charge in [0.2, 0.25) is 0 Å². The first-order chi connectivity index (χ1) is 13.3. The van der Waals surface area contributed by atoms with Crippen molar-refractivity contribution in [2.75, 3.05) is 20.2 Å². The van der Waals surface area contributed by atoms with Crippen LogP contribution in [0.2, 0.25) is 0 Å². The van der Waals surface area contributed by atoms with Crippen molar-refractivity contribution < 1.29 is 22.2 Å². The number of carbonyl (C=O) groups excluding carboxylic acids is 1. The summed E-state index contributed by atoms with van der Waals surface area (Å²) in [5.74, 6) is 0. The van der Waals surface area contributed by atoms with Crippen molar-refractivity contribution in [1.29, 1.82) is 0 Å². The molecular formula is C20H24N2O5S. The second-order valence-corrected chi connectivity index (χ2v) is 8.36. The Morgan fingerprint density at radius 2 is 1.64 bits per heavy atom. The SMILES string of the molecule is COC(=O)NC1(c2ccccc2)CCN(OS(=O)(=O)c2ccc(C)cc2)CC1. The maximum Gasteiger partial charge on any atom is 0.407 e. The van der Waals surface area contributed by atoms with E-state index in [2.05, 4.69) is 5.32 Å². The van der Waals surface area contributed by atoms with Gasteiger partial charge in [0.25, 0.3) is 0 Å². The molecule has 0 atom stereocenters. The number of hydroxylamine groups is 2. The average molecular weight is 404 g/mol. The van der Waals surface area contributed by atoms with Crippen molar-refractivity contribution in [3.8, 4) is 0 Å². The minimum atomic E-state index is -3.89. The number of hydrogen-bond acceptors (Lipinski definition) is 6. The van der Waals surface area contributed by atoms with Crippen LogP contribution in [0.1, 0.15) is 24.0 Å². The minimum Gasteiger partial charge on any atom is -0.453 e. The number of piperidine rings is 1. The van der Waals surface area contributed by atoms with Crippen molar-refractivity contribution in [3.05, 3.63) is 65.7 Å². The zero-order chi connectivity index (χ0) is 20.2. The zero-order valence-electron chi connectivity index (χ0n) is 15.9. The molecule has 7 nitrogen and oxygen atoms in total. The van der Waals surface area contributed by atoms with Gasteiger partial charge in [-0.1, -0.05) is 48.0 Å². The van der Waals surface area contributed by atoms with Crippen molar-refractivity contribution in [2.45, 2.75) is 30.2 Å². The molecule has 1 fully saturated rings. The van der Waals surface area contributed by atoms with Crippen LogP contribution in [0.25, 0.3) is 0 Å². The van der Waals surface area contributed by atoms with Gasteiger partial charge in [-0.2, -0.15) is 17.8 Å². The minimum absolute atomic E-state index is 0.116. The highest BCUT2D eigenvalue weighted by Crippen LogP contribution is 2.34. The quantitative estimate of drug-likeness (QED) is 0.825. The smallest absolute Gasteiger partial charge is 0.407 e. The molecule has 1 heterocycles. The Hall–Kier alpha value is -2.42. The van der Waals surface area contributed by atoms with Crippen LogP contribution in [0, 0.1) is 6.92 Å². The van der Waals surface area contributed by atoms with Crippen molar-refractivity contribution in [3.63, 3.8) is 0 Å². The molecule has 1 N–H and O–H groups in total. The van der Waals surface area contributed by atoms with E-state index >= 15 is 0 Å². The van der Waals surface area contributed by atoms with E-state index in [9.17, 15) is 13.2 Å². The number of ether oxygens (including phenoxy) is 1. The third-order valence-corrected chi connectivity index (χ3v) is 6.20. The van der Waals surface area contributed by atoms with Gasteiger partial charge in [0.1, 0.15) is 0 Å². The molecule has 0 unspecified atom stereocenters. The van der Waals surface area contributed by atoms with E-state index in [1.807, 2.05) is 37.3 Å². The van der Waals surface area contributed by atoms with Gasteiger partial charge in [-0.15, -0.1) is 0 Å². The van der Waals surface area contributed by atoms with Gasteiger partial charge in [0, 0.05) is 13.1 Å². The van der Waals surface area contributed by atoms with Crippen LogP contribution in [0.3, 0.4) is 0 Å². The highest BCUT2D eigenvalue weighted by atomic mass is 32.2. The van der Waals surface area contributed by atoms with E-state index < -0.39 is 21.8 Å². The van der Waals surface area contributed by atoms with E-state index in [1.165, 1.54) is 24.3 Å². The summed E-state index contributed by atoms with van der Waals surface area (Å²) in [5, 5.41) is 4.35. The van der Waals surface area contributed by atoms with Gasteiger partial charge < -0.3 is 10.1 Å². The number of nitrogens with zero attached hydrogens (tertiary/aromatic N) is 1. The third-order valence-electron chi connectivity index (χ3n) is 4.94. The molecule has 0 bridgehead atoms. The van der Waals surface area contributed by atoms with Crippen LogP contribution in [-0.2, 0) is 24.7 Å². The molecule has 1 aliphatic heterocycles. The van der Waals surface area contributed by atoms with E-state index in [0.29, 0.717) is 25.9 Å². The van der Waals surface area contributed by atoms with Gasteiger partial charge in [-0.3, -0.25) is 0 Å². The number of rotatable bonds is 5. The number of amides is 1. The Kier molecular flexibility index (Phi) is 6.02. The second-order valence-electron chi connectivity index (χ2n) is 6.84. The number of aryl methyl sites for hydroxylation is 1. The lowest BCUT2D eigenvalue weighted by Gasteiger charge is -2.41. The molecule has 1 aliphatic rings. The fourth-order valence-electron chi connectivity index (χ4n) is 3.32. The number of alkyl carbamates (subject to hydrolysis) is 1. The fourth-order valence-corrected chi connectivity index (χ4v) is 4.30. The number of benzene rings is 2. The molecular weight excluding hydrogens is 380 g/mol. The van der Waals surface area contributed by atoms with Crippen molar-refractivity contribution >= 4 is 16.2 Å². The summed E-state index contributed by atoms with van der Waals surface area (Å²) in [5.41, 5.74) is 1.28. The Labute approximate surface area is 165 Å². The molecule has 3 rings (SSSR count). The van der Waals surface area contributed by atoms with Crippen LogP contribution in [0.15, 0.2) is 59.5 Å². The zero-order valence-corrected chi connectivity index (χ0v) is 16.7. The topological polar surface area (TPSA) is 84.9 Å². The highest BCUT2D eigenvalue weighted by Gasteiger charge is 2.39. The Bertz CT molecular complexity index is 905. The van der Waals surface area contributed by atoms with Crippen LogP contribution >= 0.6 is 0 Å². The van der Waals surface area contributed by atoms with Gasteiger partial charge >= 0.3 is 16.2 Å². The Balaban J connectivity index is 1.73. The summed E-state index contributed by atoms with van der Waals surface area (Å²) < 4.78 is 35.1. The molecule has 0 aromatic heterocycles. The molecule has 150 valence electrons. The first-order valence-electron chi connectivity index (χ1n) is 9.02. The second kappa shape index (κ2) is 8.30. The number of nitrogens with one attached hydrogen (secondary N) is 1. The third kappa shape index (κ3) is 4.52. The molecule has 1 amide bonds. The molecule has 0 saturated carbocycles. The largest absolute Gasteiger partial charge is 0.453 e. The first-order valence-corrected chi connectivity index (χ1v) is 10.4. The number of hydrogen-bond donors (Lipinski definition) is 1. The summed E-state index contributed by atoms with van der Waals surface area (Å²) in [4.78, 5) is 12.0. The van der Waals surface area contributed by atoms with Crippen LogP contribution in [0.5, 0.6) is 0 Å². The lowest BCUT2D eigenvalue weighted by Crippen LogP contribution is -2.53. The average Bonchev–Trinajstić information content (AvgIpc) is 2.70. The normalized spacial score (nSPS) is 17.1. The van der Waals surface area contributed by atoms with Crippen LogP contribution in [0.4, 0.5) is 4.79 Å². The van der Waals surface area contributed by atoms with E-state index in [0.717, 1.165) is 11.1 Å².